The van der Waals surface area contributed by atoms with Crippen LogP contribution in [0.15, 0.2) is 6.20 Å². The Morgan fingerprint density at radius 2 is 2.37 bits per heavy atom. The first-order valence-electron chi connectivity index (χ1n) is 7.04. The summed E-state index contributed by atoms with van der Waals surface area (Å²) in [4.78, 5) is 19.9. The fraction of sp³-hybridized carbons (Fsp3) is 0.714. The van der Waals surface area contributed by atoms with Crippen molar-refractivity contribution in [3.05, 3.63) is 16.1 Å². The predicted molar refractivity (Wildman–Crippen MR) is 77.9 cm³/mol. The number of nitrogens with zero attached hydrogens (tertiary/aromatic N) is 2. The molecule has 1 fully saturated rings. The van der Waals surface area contributed by atoms with Gasteiger partial charge in [-0.25, -0.2) is 4.98 Å². The second kappa shape index (κ2) is 6.48. The molecule has 1 aromatic heterocycles. The molecule has 5 heteroatoms. The minimum atomic E-state index is 0.126. The van der Waals surface area contributed by atoms with Crippen molar-refractivity contribution < 1.29 is 4.79 Å². The molecule has 1 amide bonds. The Labute approximate surface area is 119 Å². The number of nitrogens with two attached hydrogens (primary N) is 1. The van der Waals surface area contributed by atoms with Crippen LogP contribution in [0.25, 0.3) is 0 Å². The van der Waals surface area contributed by atoms with E-state index in [0.29, 0.717) is 19.0 Å². The Bertz CT molecular complexity index is 432. The van der Waals surface area contributed by atoms with Crippen molar-refractivity contribution in [3.63, 3.8) is 0 Å². The van der Waals surface area contributed by atoms with Gasteiger partial charge in [-0.15, -0.1) is 11.3 Å². The highest BCUT2D eigenvalue weighted by atomic mass is 32.1. The van der Waals surface area contributed by atoms with E-state index in [1.165, 1.54) is 4.88 Å². The van der Waals surface area contributed by atoms with Crippen LogP contribution in [0.1, 0.15) is 36.1 Å². The molecule has 0 bridgehead atoms. The first kappa shape index (κ1) is 14.5. The van der Waals surface area contributed by atoms with Gasteiger partial charge in [-0.05, 0) is 31.7 Å². The standard InChI is InChI=1S/C14H23N3OS/c1-3-11-8-16-13(19-11)9-17(2)14(18)12-6-4-5-10(12)7-15/h8,10,12H,3-7,9,15H2,1-2H3/t10-,12-/m1/s1. The van der Waals surface area contributed by atoms with Crippen molar-refractivity contribution >= 4 is 17.2 Å². The second-order valence-electron chi connectivity index (χ2n) is 5.30. The molecule has 0 aromatic carbocycles. The fourth-order valence-corrected chi connectivity index (χ4v) is 3.71. The SMILES string of the molecule is CCc1cnc(CN(C)C(=O)[C@@H]2CCC[C@@H]2CN)s1. The van der Waals surface area contributed by atoms with Crippen molar-refractivity contribution in [2.24, 2.45) is 17.6 Å². The topological polar surface area (TPSA) is 59.2 Å². The van der Waals surface area contributed by atoms with Crippen LogP contribution in [0, 0.1) is 11.8 Å². The third-order valence-electron chi connectivity index (χ3n) is 3.98. The minimum absolute atomic E-state index is 0.126. The number of hydrogen-bond donors (Lipinski definition) is 1. The summed E-state index contributed by atoms with van der Waals surface area (Å²) in [6.07, 6.45) is 6.13. The van der Waals surface area contributed by atoms with E-state index in [1.54, 1.807) is 11.3 Å². The van der Waals surface area contributed by atoms with Crippen molar-refractivity contribution in [1.29, 1.82) is 0 Å². The Kier molecular flexibility index (Phi) is 4.93. The van der Waals surface area contributed by atoms with Crippen LogP contribution < -0.4 is 5.73 Å². The van der Waals surface area contributed by atoms with Crippen molar-refractivity contribution in [1.82, 2.24) is 9.88 Å². The van der Waals surface area contributed by atoms with E-state index in [0.717, 1.165) is 30.7 Å². The van der Waals surface area contributed by atoms with Crippen LogP contribution in [0.3, 0.4) is 0 Å². The van der Waals surface area contributed by atoms with Crippen LogP contribution in [-0.4, -0.2) is 29.4 Å². The van der Waals surface area contributed by atoms with Crippen LogP contribution in [-0.2, 0) is 17.8 Å². The molecule has 4 nitrogen and oxygen atoms in total. The molecule has 1 heterocycles. The van der Waals surface area contributed by atoms with E-state index in [4.69, 9.17) is 5.73 Å². The molecule has 0 aliphatic heterocycles. The van der Waals surface area contributed by atoms with E-state index in [9.17, 15) is 4.79 Å². The molecule has 1 aliphatic carbocycles. The number of aromatic nitrogens is 1. The molecule has 1 aromatic rings. The van der Waals surface area contributed by atoms with Crippen molar-refractivity contribution in [2.45, 2.75) is 39.2 Å². The van der Waals surface area contributed by atoms with Gasteiger partial charge in [-0.3, -0.25) is 4.79 Å². The third kappa shape index (κ3) is 3.34. The van der Waals surface area contributed by atoms with Crippen LogP contribution in [0.4, 0.5) is 0 Å². The first-order chi connectivity index (χ1) is 9.15. The zero-order valence-electron chi connectivity index (χ0n) is 11.8. The predicted octanol–water partition coefficient (Wildman–Crippen LogP) is 2.04. The maximum absolute atomic E-state index is 12.4. The number of hydrogen-bond acceptors (Lipinski definition) is 4. The number of carbonyl (C=O) groups excluding carboxylic acids is 1. The Morgan fingerprint density at radius 1 is 1.58 bits per heavy atom. The highest BCUT2D eigenvalue weighted by Crippen LogP contribution is 2.32. The number of amides is 1. The average Bonchev–Trinajstić information content (AvgIpc) is 3.05. The fourth-order valence-electron chi connectivity index (χ4n) is 2.79. The molecule has 1 saturated carbocycles. The van der Waals surface area contributed by atoms with Gasteiger partial charge in [0.05, 0.1) is 6.54 Å². The largest absolute Gasteiger partial charge is 0.339 e. The minimum Gasteiger partial charge on any atom is -0.339 e. The van der Waals surface area contributed by atoms with Gasteiger partial charge in [0.2, 0.25) is 5.91 Å². The molecule has 0 saturated heterocycles. The van der Waals surface area contributed by atoms with Gasteiger partial charge in [-0.1, -0.05) is 13.3 Å². The van der Waals surface area contributed by atoms with Gasteiger partial charge in [0.1, 0.15) is 5.01 Å². The lowest BCUT2D eigenvalue weighted by Gasteiger charge is -2.23. The Balaban J connectivity index is 1.95. The third-order valence-corrected chi connectivity index (χ3v) is 5.10. The molecule has 2 atom stereocenters. The second-order valence-corrected chi connectivity index (χ2v) is 6.50. The van der Waals surface area contributed by atoms with Crippen molar-refractivity contribution in [3.8, 4) is 0 Å². The van der Waals surface area contributed by atoms with Crippen molar-refractivity contribution in [2.75, 3.05) is 13.6 Å². The van der Waals surface area contributed by atoms with E-state index in [2.05, 4.69) is 11.9 Å². The van der Waals surface area contributed by atoms with Gasteiger partial charge in [0.15, 0.2) is 0 Å². The summed E-state index contributed by atoms with van der Waals surface area (Å²) in [7, 11) is 1.88. The molecule has 2 N–H and O–H groups in total. The molecule has 0 radical (unpaired) electrons. The normalized spacial score (nSPS) is 22.7. The van der Waals surface area contributed by atoms with Gasteiger partial charge < -0.3 is 10.6 Å². The molecular formula is C14H23N3OS. The van der Waals surface area contributed by atoms with Gasteiger partial charge in [-0.2, -0.15) is 0 Å². The van der Waals surface area contributed by atoms with Crippen LogP contribution in [0.2, 0.25) is 0 Å². The van der Waals surface area contributed by atoms with Gasteiger partial charge >= 0.3 is 0 Å². The smallest absolute Gasteiger partial charge is 0.226 e. The maximum Gasteiger partial charge on any atom is 0.226 e. The quantitative estimate of drug-likeness (QED) is 0.898. The average molecular weight is 281 g/mol. The highest BCUT2D eigenvalue weighted by Gasteiger charge is 2.33. The maximum atomic E-state index is 12.4. The summed E-state index contributed by atoms with van der Waals surface area (Å²) in [6.45, 7) is 3.37. The first-order valence-corrected chi connectivity index (χ1v) is 7.86. The zero-order chi connectivity index (χ0) is 13.8. The molecule has 106 valence electrons. The molecule has 19 heavy (non-hydrogen) atoms. The number of rotatable bonds is 5. The molecular weight excluding hydrogens is 258 g/mol. The summed E-state index contributed by atoms with van der Waals surface area (Å²) in [5, 5.41) is 1.02. The van der Waals surface area contributed by atoms with Gasteiger partial charge in [0.25, 0.3) is 0 Å². The highest BCUT2D eigenvalue weighted by molar-refractivity contribution is 7.11. The summed E-state index contributed by atoms with van der Waals surface area (Å²) < 4.78 is 0. The number of thiazole rings is 1. The monoisotopic (exact) mass is 281 g/mol. The molecule has 2 rings (SSSR count). The summed E-state index contributed by atoms with van der Waals surface area (Å²) in [6, 6.07) is 0. The van der Waals surface area contributed by atoms with E-state index in [-0.39, 0.29) is 11.8 Å². The van der Waals surface area contributed by atoms with E-state index < -0.39 is 0 Å². The number of aryl methyl sites for hydroxylation is 1. The van der Waals surface area contributed by atoms with Crippen LogP contribution >= 0.6 is 11.3 Å². The van der Waals surface area contributed by atoms with Crippen LogP contribution in [0.5, 0.6) is 0 Å². The Hall–Kier alpha value is -0.940. The zero-order valence-corrected chi connectivity index (χ0v) is 12.6. The Morgan fingerprint density at radius 3 is 3.00 bits per heavy atom. The lowest BCUT2D eigenvalue weighted by molar-refractivity contribution is -0.135. The number of carbonyl (C=O) groups is 1. The summed E-state index contributed by atoms with van der Waals surface area (Å²) in [5.74, 6) is 0.735. The summed E-state index contributed by atoms with van der Waals surface area (Å²) in [5.41, 5.74) is 5.76. The molecule has 0 unspecified atom stereocenters. The lowest BCUT2D eigenvalue weighted by atomic mass is 9.95. The molecule has 0 spiro atoms. The molecule has 1 aliphatic rings. The summed E-state index contributed by atoms with van der Waals surface area (Å²) >= 11 is 1.70. The van der Waals surface area contributed by atoms with E-state index in [1.807, 2.05) is 18.1 Å². The van der Waals surface area contributed by atoms with Gasteiger partial charge in [0, 0.05) is 24.0 Å². The van der Waals surface area contributed by atoms with E-state index >= 15 is 0 Å². The lowest BCUT2D eigenvalue weighted by Crippen LogP contribution is -2.36.